The highest BCUT2D eigenvalue weighted by Crippen LogP contribution is 2.02. The molecule has 2 nitrogen and oxygen atoms in total. The number of nitrogens with one attached hydrogen (secondary N) is 1. The van der Waals surface area contributed by atoms with Crippen LogP contribution < -0.4 is 0 Å². The van der Waals surface area contributed by atoms with Crippen molar-refractivity contribution < 1.29 is 4.79 Å². The molecule has 0 atom stereocenters. The topological polar surface area (TPSA) is 40.9 Å². The number of hydrogen-bond donors (Lipinski definition) is 1. The van der Waals surface area contributed by atoms with Crippen molar-refractivity contribution in [3.05, 3.63) is 23.8 Å². The lowest BCUT2D eigenvalue weighted by atomic mass is 10.1. The molecule has 0 heterocycles. The molecule has 0 amide bonds. The van der Waals surface area contributed by atoms with E-state index in [-0.39, 0.29) is 11.5 Å². The molecule has 1 rings (SSSR count). The van der Waals surface area contributed by atoms with Gasteiger partial charge in [0.05, 0.1) is 0 Å². The summed E-state index contributed by atoms with van der Waals surface area (Å²) in [5.74, 6) is -0.199. The maximum atomic E-state index is 10.7. The summed E-state index contributed by atoms with van der Waals surface area (Å²) in [7, 11) is 0. The summed E-state index contributed by atoms with van der Waals surface area (Å²) >= 11 is 0. The van der Waals surface area contributed by atoms with E-state index in [1.54, 1.807) is 6.08 Å². The van der Waals surface area contributed by atoms with Gasteiger partial charge in [0.2, 0.25) is 5.78 Å². The van der Waals surface area contributed by atoms with Gasteiger partial charge in [-0.2, -0.15) is 0 Å². The van der Waals surface area contributed by atoms with E-state index in [1.807, 2.05) is 6.92 Å². The Bertz CT molecular complexity index is 223. The fraction of sp³-hybridized carbons (Fsp3) is 0.143. The SMILES string of the molecule is CC1=CC(=O)C(=N)C=C1. The highest BCUT2D eigenvalue weighted by Gasteiger charge is 2.05. The van der Waals surface area contributed by atoms with Gasteiger partial charge in [-0.15, -0.1) is 0 Å². The maximum Gasteiger partial charge on any atom is 0.203 e. The lowest BCUT2D eigenvalue weighted by Gasteiger charge is -1.98. The van der Waals surface area contributed by atoms with Gasteiger partial charge in [0.1, 0.15) is 5.71 Å². The van der Waals surface area contributed by atoms with Crippen LogP contribution in [0.15, 0.2) is 23.8 Å². The second-order valence-corrected chi connectivity index (χ2v) is 2.00. The van der Waals surface area contributed by atoms with Crippen LogP contribution in [0.5, 0.6) is 0 Å². The highest BCUT2D eigenvalue weighted by atomic mass is 16.1. The predicted molar refractivity (Wildman–Crippen MR) is 35.6 cm³/mol. The summed E-state index contributed by atoms with van der Waals surface area (Å²) in [4.78, 5) is 10.7. The van der Waals surface area contributed by atoms with Crippen molar-refractivity contribution in [2.24, 2.45) is 0 Å². The van der Waals surface area contributed by atoms with Crippen LogP contribution >= 0.6 is 0 Å². The van der Waals surface area contributed by atoms with E-state index in [0.717, 1.165) is 5.57 Å². The van der Waals surface area contributed by atoms with E-state index in [4.69, 9.17) is 5.41 Å². The summed E-state index contributed by atoms with van der Waals surface area (Å²) in [5, 5.41) is 7.00. The third-order valence-corrected chi connectivity index (χ3v) is 1.14. The molecule has 0 unspecified atom stereocenters. The standard InChI is InChI=1S/C7H7NO/c1-5-2-3-6(8)7(9)4-5/h2-4,8H,1H3. The Hall–Kier alpha value is -1.18. The van der Waals surface area contributed by atoms with Gasteiger partial charge in [-0.1, -0.05) is 6.08 Å². The Labute approximate surface area is 53.4 Å². The van der Waals surface area contributed by atoms with Gasteiger partial charge in [0.25, 0.3) is 0 Å². The van der Waals surface area contributed by atoms with Gasteiger partial charge in [0, 0.05) is 0 Å². The van der Waals surface area contributed by atoms with E-state index in [0.29, 0.717) is 0 Å². The number of carbonyl (C=O) groups is 1. The Morgan fingerprint density at radius 2 is 2.11 bits per heavy atom. The number of ketones is 1. The van der Waals surface area contributed by atoms with Crippen LogP contribution in [-0.2, 0) is 4.79 Å². The van der Waals surface area contributed by atoms with Crippen LogP contribution in [0.2, 0.25) is 0 Å². The van der Waals surface area contributed by atoms with Gasteiger partial charge in [-0.3, -0.25) is 10.2 Å². The quantitative estimate of drug-likeness (QED) is 0.479. The average Bonchev–Trinajstić information content (AvgIpc) is 1.80. The van der Waals surface area contributed by atoms with Gasteiger partial charge in [-0.05, 0) is 24.6 Å². The van der Waals surface area contributed by atoms with Crippen LogP contribution in [0.1, 0.15) is 6.92 Å². The zero-order valence-electron chi connectivity index (χ0n) is 5.14. The molecule has 0 aliphatic heterocycles. The van der Waals surface area contributed by atoms with Gasteiger partial charge < -0.3 is 0 Å². The molecule has 9 heavy (non-hydrogen) atoms. The zero-order valence-corrected chi connectivity index (χ0v) is 5.14. The first-order valence-electron chi connectivity index (χ1n) is 2.69. The summed E-state index contributed by atoms with van der Waals surface area (Å²) in [6, 6.07) is 0. The first kappa shape index (κ1) is 5.95. The molecule has 1 N–H and O–H groups in total. The average molecular weight is 121 g/mol. The van der Waals surface area contributed by atoms with Crippen molar-refractivity contribution in [1.29, 1.82) is 5.41 Å². The molecule has 0 spiro atoms. The molecule has 0 aromatic heterocycles. The number of carbonyl (C=O) groups excluding carboxylic acids is 1. The van der Waals surface area contributed by atoms with Crippen LogP contribution in [0, 0.1) is 5.41 Å². The molecule has 0 aromatic rings. The van der Waals surface area contributed by atoms with Crippen molar-refractivity contribution in [2.75, 3.05) is 0 Å². The van der Waals surface area contributed by atoms with Crippen molar-refractivity contribution >= 4 is 11.5 Å². The first-order chi connectivity index (χ1) is 4.20. The van der Waals surface area contributed by atoms with Crippen LogP contribution in [0.25, 0.3) is 0 Å². The number of rotatable bonds is 0. The number of allylic oxidation sites excluding steroid dienone is 4. The fourth-order valence-corrected chi connectivity index (χ4v) is 0.630. The normalized spacial score (nSPS) is 18.1. The molecule has 0 aromatic carbocycles. The molecule has 0 saturated heterocycles. The van der Waals surface area contributed by atoms with Gasteiger partial charge >= 0.3 is 0 Å². The van der Waals surface area contributed by atoms with Crippen molar-refractivity contribution in [3.63, 3.8) is 0 Å². The Kier molecular flexibility index (Phi) is 1.30. The van der Waals surface area contributed by atoms with Crippen molar-refractivity contribution in [2.45, 2.75) is 6.92 Å². The Morgan fingerprint density at radius 1 is 1.44 bits per heavy atom. The summed E-state index contributed by atoms with van der Waals surface area (Å²) in [6.07, 6.45) is 4.73. The van der Waals surface area contributed by atoms with Crippen LogP contribution in [-0.4, -0.2) is 11.5 Å². The molecular weight excluding hydrogens is 114 g/mol. The van der Waals surface area contributed by atoms with Crippen LogP contribution in [0.3, 0.4) is 0 Å². The summed E-state index contributed by atoms with van der Waals surface area (Å²) in [5.41, 5.74) is 0.983. The zero-order chi connectivity index (χ0) is 6.85. The maximum absolute atomic E-state index is 10.7. The molecule has 0 saturated carbocycles. The minimum Gasteiger partial charge on any atom is -0.297 e. The van der Waals surface area contributed by atoms with E-state index in [1.165, 1.54) is 12.2 Å². The van der Waals surface area contributed by atoms with Gasteiger partial charge in [0.15, 0.2) is 0 Å². The summed E-state index contributed by atoms with van der Waals surface area (Å²) in [6.45, 7) is 1.83. The monoisotopic (exact) mass is 121 g/mol. The van der Waals surface area contributed by atoms with E-state index in [9.17, 15) is 4.79 Å². The minimum atomic E-state index is -0.199. The van der Waals surface area contributed by atoms with Gasteiger partial charge in [-0.25, -0.2) is 0 Å². The first-order valence-corrected chi connectivity index (χ1v) is 2.69. The third-order valence-electron chi connectivity index (χ3n) is 1.14. The minimum absolute atomic E-state index is 0.0700. The number of hydrogen-bond acceptors (Lipinski definition) is 2. The van der Waals surface area contributed by atoms with E-state index >= 15 is 0 Å². The molecule has 1 aliphatic rings. The molecule has 0 fully saturated rings. The molecular formula is C7H7NO. The second-order valence-electron chi connectivity index (χ2n) is 2.00. The molecule has 46 valence electrons. The van der Waals surface area contributed by atoms with Crippen molar-refractivity contribution in [3.8, 4) is 0 Å². The molecule has 0 radical (unpaired) electrons. The molecule has 0 bridgehead atoms. The highest BCUT2D eigenvalue weighted by molar-refractivity contribution is 6.47. The molecule has 2 heteroatoms. The summed E-state index contributed by atoms with van der Waals surface area (Å²) < 4.78 is 0. The third kappa shape index (κ3) is 1.13. The predicted octanol–water partition coefficient (Wildman–Crippen LogP) is 1.09. The lowest BCUT2D eigenvalue weighted by Crippen LogP contribution is -2.09. The van der Waals surface area contributed by atoms with Crippen molar-refractivity contribution in [1.82, 2.24) is 0 Å². The lowest BCUT2D eigenvalue weighted by molar-refractivity contribution is -0.108. The van der Waals surface area contributed by atoms with E-state index < -0.39 is 0 Å². The Morgan fingerprint density at radius 3 is 2.56 bits per heavy atom. The smallest absolute Gasteiger partial charge is 0.203 e. The molecule has 1 aliphatic carbocycles. The largest absolute Gasteiger partial charge is 0.297 e. The van der Waals surface area contributed by atoms with Crippen LogP contribution in [0.4, 0.5) is 0 Å². The second kappa shape index (κ2) is 1.97. The Balaban J connectivity index is 2.95. The fourth-order valence-electron chi connectivity index (χ4n) is 0.630. The van der Waals surface area contributed by atoms with E-state index in [2.05, 4.69) is 0 Å².